The molecule has 0 spiro atoms. The Hall–Kier alpha value is -0.580. The predicted octanol–water partition coefficient (Wildman–Crippen LogP) is 2.54. The summed E-state index contributed by atoms with van der Waals surface area (Å²) in [5.41, 5.74) is 8.92. The highest BCUT2D eigenvalue weighted by molar-refractivity contribution is 9.10. The molecule has 104 valence electrons. The first-order valence-corrected chi connectivity index (χ1v) is 7.90. The molecule has 1 aliphatic heterocycles. The van der Waals surface area contributed by atoms with Gasteiger partial charge in [-0.25, -0.2) is 0 Å². The van der Waals surface area contributed by atoms with E-state index in [4.69, 9.17) is 5.73 Å². The summed E-state index contributed by atoms with van der Waals surface area (Å²) in [6.07, 6.45) is 3.49. The largest absolute Gasteiger partial charge is 0.368 e. The number of benzene rings is 1. The van der Waals surface area contributed by atoms with Gasteiger partial charge in [-0.3, -0.25) is 0 Å². The standard InChI is InChI=1S/C15H22BrN3/c1-18-7-9-19(10-8-18)14-4-3-12(11-13(14)16)15(17)5-2-6-15/h3-4,11H,2,5-10,17H2,1H3. The van der Waals surface area contributed by atoms with Gasteiger partial charge in [-0.1, -0.05) is 6.07 Å². The lowest BCUT2D eigenvalue weighted by atomic mass is 9.73. The summed E-state index contributed by atoms with van der Waals surface area (Å²) in [5, 5.41) is 0. The van der Waals surface area contributed by atoms with Crippen LogP contribution < -0.4 is 10.6 Å². The molecule has 1 saturated heterocycles. The Labute approximate surface area is 123 Å². The van der Waals surface area contributed by atoms with Crippen LogP contribution in [0.15, 0.2) is 22.7 Å². The van der Waals surface area contributed by atoms with Crippen molar-refractivity contribution < 1.29 is 0 Å². The Morgan fingerprint density at radius 3 is 2.37 bits per heavy atom. The minimum Gasteiger partial charge on any atom is -0.368 e. The summed E-state index contributed by atoms with van der Waals surface area (Å²) in [7, 11) is 2.18. The van der Waals surface area contributed by atoms with Crippen molar-refractivity contribution in [3.05, 3.63) is 28.2 Å². The smallest absolute Gasteiger partial charge is 0.0511 e. The second-order valence-corrected chi connectivity index (χ2v) is 6.82. The molecule has 1 heterocycles. The van der Waals surface area contributed by atoms with Gasteiger partial charge < -0.3 is 15.5 Å². The number of halogens is 1. The number of anilines is 1. The zero-order valence-corrected chi connectivity index (χ0v) is 13.1. The van der Waals surface area contributed by atoms with Crippen LogP contribution >= 0.6 is 15.9 Å². The van der Waals surface area contributed by atoms with Crippen LogP contribution in [0.3, 0.4) is 0 Å². The number of hydrogen-bond donors (Lipinski definition) is 1. The average Bonchev–Trinajstić information content (AvgIpc) is 2.37. The highest BCUT2D eigenvalue weighted by Gasteiger charge is 2.34. The maximum atomic E-state index is 6.40. The van der Waals surface area contributed by atoms with Gasteiger partial charge in [0.1, 0.15) is 0 Å². The SMILES string of the molecule is CN1CCN(c2ccc(C3(N)CCC3)cc2Br)CC1. The Kier molecular flexibility index (Phi) is 3.58. The molecule has 0 unspecified atom stereocenters. The van der Waals surface area contributed by atoms with Gasteiger partial charge in [0, 0.05) is 36.2 Å². The topological polar surface area (TPSA) is 32.5 Å². The Morgan fingerprint density at radius 1 is 1.16 bits per heavy atom. The van der Waals surface area contributed by atoms with Crippen LogP contribution in [0.25, 0.3) is 0 Å². The van der Waals surface area contributed by atoms with E-state index in [2.05, 4.69) is 51.0 Å². The van der Waals surface area contributed by atoms with E-state index in [9.17, 15) is 0 Å². The zero-order chi connectivity index (χ0) is 13.5. The second kappa shape index (κ2) is 5.08. The van der Waals surface area contributed by atoms with Crippen molar-refractivity contribution in [1.82, 2.24) is 4.90 Å². The third-order valence-corrected chi connectivity index (χ3v) is 5.25. The highest BCUT2D eigenvalue weighted by Crippen LogP contribution is 2.41. The van der Waals surface area contributed by atoms with Crippen LogP contribution in [0.2, 0.25) is 0 Å². The van der Waals surface area contributed by atoms with Crippen molar-refractivity contribution >= 4 is 21.6 Å². The molecule has 0 radical (unpaired) electrons. The Morgan fingerprint density at radius 2 is 1.84 bits per heavy atom. The van der Waals surface area contributed by atoms with E-state index >= 15 is 0 Å². The van der Waals surface area contributed by atoms with Crippen molar-refractivity contribution in [3.8, 4) is 0 Å². The molecule has 0 bridgehead atoms. The number of hydrogen-bond acceptors (Lipinski definition) is 3. The molecule has 3 rings (SSSR count). The molecule has 3 nitrogen and oxygen atoms in total. The monoisotopic (exact) mass is 323 g/mol. The summed E-state index contributed by atoms with van der Waals surface area (Å²) in [6, 6.07) is 6.68. The summed E-state index contributed by atoms with van der Waals surface area (Å²) >= 11 is 3.73. The zero-order valence-electron chi connectivity index (χ0n) is 11.5. The summed E-state index contributed by atoms with van der Waals surface area (Å²) in [4.78, 5) is 4.83. The number of nitrogens with zero attached hydrogens (tertiary/aromatic N) is 2. The van der Waals surface area contributed by atoms with Gasteiger partial charge in [0.2, 0.25) is 0 Å². The van der Waals surface area contributed by atoms with Crippen LogP contribution in [-0.4, -0.2) is 38.1 Å². The minimum atomic E-state index is -0.0663. The fourth-order valence-corrected chi connectivity index (χ4v) is 3.60. The van der Waals surface area contributed by atoms with Gasteiger partial charge in [0.05, 0.1) is 5.69 Å². The molecule has 2 N–H and O–H groups in total. The third kappa shape index (κ3) is 2.54. The lowest BCUT2D eigenvalue weighted by molar-refractivity contribution is 0.253. The summed E-state index contributed by atoms with van der Waals surface area (Å²) in [6.45, 7) is 4.47. The van der Waals surface area contributed by atoms with Gasteiger partial charge in [0.25, 0.3) is 0 Å². The molecule has 1 aliphatic carbocycles. The van der Waals surface area contributed by atoms with Crippen LogP contribution in [0.4, 0.5) is 5.69 Å². The van der Waals surface area contributed by atoms with E-state index in [0.29, 0.717) is 0 Å². The molecular weight excluding hydrogens is 302 g/mol. The van der Waals surface area contributed by atoms with Gasteiger partial charge in [-0.15, -0.1) is 0 Å². The first-order chi connectivity index (χ1) is 9.08. The fraction of sp³-hybridized carbons (Fsp3) is 0.600. The molecule has 0 aromatic heterocycles. The quantitative estimate of drug-likeness (QED) is 0.907. The average molecular weight is 324 g/mol. The van der Waals surface area contributed by atoms with Crippen molar-refractivity contribution in [2.24, 2.45) is 5.73 Å². The van der Waals surface area contributed by atoms with Crippen molar-refractivity contribution in [2.75, 3.05) is 38.1 Å². The van der Waals surface area contributed by atoms with Crippen molar-refractivity contribution in [3.63, 3.8) is 0 Å². The van der Waals surface area contributed by atoms with Gasteiger partial charge in [-0.05, 0) is 59.9 Å². The van der Waals surface area contributed by atoms with Crippen molar-refractivity contribution in [1.29, 1.82) is 0 Å². The molecule has 1 saturated carbocycles. The number of nitrogens with two attached hydrogens (primary N) is 1. The third-order valence-electron chi connectivity index (χ3n) is 4.61. The molecule has 2 fully saturated rings. The Bertz CT molecular complexity index is 462. The molecule has 1 aromatic carbocycles. The fourth-order valence-electron chi connectivity index (χ4n) is 2.97. The maximum Gasteiger partial charge on any atom is 0.0511 e. The molecule has 19 heavy (non-hydrogen) atoms. The normalized spacial score (nSPS) is 23.2. The van der Waals surface area contributed by atoms with Crippen LogP contribution in [-0.2, 0) is 5.54 Å². The van der Waals surface area contributed by atoms with E-state index in [0.717, 1.165) is 39.0 Å². The lowest BCUT2D eigenvalue weighted by Crippen LogP contribution is -2.45. The molecule has 0 atom stereocenters. The minimum absolute atomic E-state index is 0.0663. The maximum absolute atomic E-state index is 6.40. The number of rotatable bonds is 2. The van der Waals surface area contributed by atoms with Crippen LogP contribution in [0.5, 0.6) is 0 Å². The Balaban J connectivity index is 1.80. The molecule has 2 aliphatic rings. The van der Waals surface area contributed by atoms with Gasteiger partial charge in [0.15, 0.2) is 0 Å². The van der Waals surface area contributed by atoms with Crippen molar-refractivity contribution in [2.45, 2.75) is 24.8 Å². The van der Waals surface area contributed by atoms with E-state index in [-0.39, 0.29) is 5.54 Å². The first kappa shape index (κ1) is 13.4. The van der Waals surface area contributed by atoms with E-state index in [1.165, 1.54) is 22.1 Å². The lowest BCUT2D eigenvalue weighted by Gasteiger charge is -2.39. The van der Waals surface area contributed by atoms with Crippen LogP contribution in [0, 0.1) is 0 Å². The summed E-state index contributed by atoms with van der Waals surface area (Å²) < 4.78 is 1.19. The van der Waals surface area contributed by atoms with E-state index in [1.54, 1.807) is 0 Å². The van der Waals surface area contributed by atoms with E-state index in [1.807, 2.05) is 0 Å². The second-order valence-electron chi connectivity index (χ2n) is 5.97. The summed E-state index contributed by atoms with van der Waals surface area (Å²) in [5.74, 6) is 0. The predicted molar refractivity (Wildman–Crippen MR) is 83.6 cm³/mol. The first-order valence-electron chi connectivity index (χ1n) is 7.11. The van der Waals surface area contributed by atoms with Gasteiger partial charge in [-0.2, -0.15) is 0 Å². The molecule has 0 amide bonds. The van der Waals surface area contributed by atoms with E-state index < -0.39 is 0 Å². The van der Waals surface area contributed by atoms with Crippen LogP contribution in [0.1, 0.15) is 24.8 Å². The highest BCUT2D eigenvalue weighted by atomic mass is 79.9. The number of piperazine rings is 1. The molecule has 4 heteroatoms. The number of likely N-dealkylation sites (N-methyl/N-ethyl adjacent to an activating group) is 1. The molecular formula is C15H22BrN3. The van der Waals surface area contributed by atoms with Gasteiger partial charge >= 0.3 is 0 Å². The molecule has 1 aromatic rings.